The van der Waals surface area contributed by atoms with Crippen LogP contribution in [-0.2, 0) is 11.3 Å². The third-order valence-corrected chi connectivity index (χ3v) is 3.25. The van der Waals surface area contributed by atoms with Gasteiger partial charge >= 0.3 is 0 Å². The molecule has 0 aliphatic carbocycles. The van der Waals surface area contributed by atoms with Crippen LogP contribution in [0.5, 0.6) is 0 Å². The molecule has 4 heteroatoms. The minimum Gasteiger partial charge on any atom is -0.352 e. The van der Waals surface area contributed by atoms with Crippen LogP contribution in [0.4, 0.5) is 0 Å². The highest BCUT2D eigenvalue weighted by Gasteiger charge is 2.21. The van der Waals surface area contributed by atoms with Gasteiger partial charge in [0.15, 0.2) is 0 Å². The lowest BCUT2D eigenvalue weighted by Gasteiger charge is -2.13. The first-order valence-electron chi connectivity index (χ1n) is 6.19. The molecule has 2 aromatic rings. The summed E-state index contributed by atoms with van der Waals surface area (Å²) in [6.07, 6.45) is 5.32. The summed E-state index contributed by atoms with van der Waals surface area (Å²) in [6, 6.07) is 10.3. The number of carbonyl (C=O) groups is 1. The van der Waals surface area contributed by atoms with Crippen LogP contribution in [-0.4, -0.2) is 21.5 Å². The molecule has 1 aromatic heterocycles. The number of hydrogen-bond donors (Lipinski definition) is 1. The van der Waals surface area contributed by atoms with E-state index in [0.29, 0.717) is 6.42 Å². The molecule has 4 nitrogen and oxygen atoms in total. The molecule has 1 fully saturated rings. The number of amides is 1. The fourth-order valence-corrected chi connectivity index (χ4v) is 2.36. The van der Waals surface area contributed by atoms with Gasteiger partial charge in [-0.25, -0.2) is 4.98 Å². The summed E-state index contributed by atoms with van der Waals surface area (Å²) in [5.74, 6) is 1.11. The third-order valence-electron chi connectivity index (χ3n) is 3.25. The number of hydrogen-bond acceptors (Lipinski definition) is 2. The van der Waals surface area contributed by atoms with Crippen LogP contribution in [0.1, 0.15) is 12.8 Å². The van der Waals surface area contributed by atoms with Crippen molar-refractivity contribution in [1.82, 2.24) is 14.9 Å². The van der Waals surface area contributed by atoms with Gasteiger partial charge in [-0.05, 0) is 6.42 Å². The van der Waals surface area contributed by atoms with E-state index in [-0.39, 0.29) is 11.9 Å². The average Bonchev–Trinajstić information content (AvgIpc) is 3.00. The van der Waals surface area contributed by atoms with Crippen molar-refractivity contribution in [2.75, 3.05) is 0 Å². The van der Waals surface area contributed by atoms with Crippen molar-refractivity contribution < 1.29 is 4.79 Å². The Labute approximate surface area is 106 Å². The van der Waals surface area contributed by atoms with Crippen molar-refractivity contribution in [3.8, 4) is 11.4 Å². The zero-order valence-corrected chi connectivity index (χ0v) is 10.0. The molecular formula is C14H15N3O. The second-order valence-corrected chi connectivity index (χ2v) is 4.57. The van der Waals surface area contributed by atoms with E-state index in [9.17, 15) is 4.79 Å². The van der Waals surface area contributed by atoms with E-state index in [1.165, 1.54) is 0 Å². The van der Waals surface area contributed by atoms with E-state index in [2.05, 4.69) is 14.9 Å². The van der Waals surface area contributed by atoms with Crippen molar-refractivity contribution in [2.45, 2.75) is 25.4 Å². The summed E-state index contributed by atoms with van der Waals surface area (Å²) in [5.41, 5.74) is 1.10. The Balaban J connectivity index is 1.82. The molecule has 1 saturated heterocycles. The minimum atomic E-state index is 0.154. The quantitative estimate of drug-likeness (QED) is 0.891. The SMILES string of the molecule is O=C1CCC(Cn2ccnc2-c2ccccc2)N1. The third kappa shape index (κ3) is 2.14. The maximum Gasteiger partial charge on any atom is 0.220 e. The molecule has 1 N–H and O–H groups in total. The molecule has 1 aromatic carbocycles. The summed E-state index contributed by atoms with van der Waals surface area (Å²) in [4.78, 5) is 15.6. The molecule has 18 heavy (non-hydrogen) atoms. The van der Waals surface area contributed by atoms with Crippen LogP contribution in [0.25, 0.3) is 11.4 Å². The summed E-state index contributed by atoms with van der Waals surface area (Å²) in [7, 11) is 0. The standard InChI is InChI=1S/C14H15N3O/c18-13-7-6-12(16-13)10-17-9-8-15-14(17)11-4-2-1-3-5-11/h1-5,8-9,12H,6-7,10H2,(H,16,18). The van der Waals surface area contributed by atoms with Crippen LogP contribution >= 0.6 is 0 Å². The molecule has 2 heterocycles. The van der Waals surface area contributed by atoms with E-state index >= 15 is 0 Å². The molecule has 0 spiro atoms. The molecule has 1 unspecified atom stereocenters. The Bertz CT molecular complexity index is 547. The molecule has 1 aliphatic heterocycles. The molecule has 1 amide bonds. The van der Waals surface area contributed by atoms with Gasteiger partial charge in [0.2, 0.25) is 5.91 Å². The van der Waals surface area contributed by atoms with Gasteiger partial charge in [-0.1, -0.05) is 30.3 Å². The van der Waals surface area contributed by atoms with Gasteiger partial charge in [-0.3, -0.25) is 4.79 Å². The first-order valence-corrected chi connectivity index (χ1v) is 6.19. The number of rotatable bonds is 3. The fraction of sp³-hybridized carbons (Fsp3) is 0.286. The summed E-state index contributed by atoms with van der Waals surface area (Å²) < 4.78 is 2.10. The predicted octanol–water partition coefficient (Wildman–Crippen LogP) is 1.83. The lowest BCUT2D eigenvalue weighted by atomic mass is 10.2. The molecule has 0 saturated carbocycles. The molecule has 3 rings (SSSR count). The van der Waals surface area contributed by atoms with Gasteiger partial charge in [0.1, 0.15) is 5.82 Å². The van der Waals surface area contributed by atoms with E-state index in [4.69, 9.17) is 0 Å². The smallest absolute Gasteiger partial charge is 0.220 e. The average molecular weight is 241 g/mol. The van der Waals surface area contributed by atoms with Crippen molar-refractivity contribution in [3.05, 3.63) is 42.7 Å². The highest BCUT2D eigenvalue weighted by molar-refractivity contribution is 5.78. The van der Waals surface area contributed by atoms with Crippen molar-refractivity contribution >= 4 is 5.91 Å². The number of nitrogens with zero attached hydrogens (tertiary/aromatic N) is 2. The van der Waals surface area contributed by atoms with Crippen LogP contribution < -0.4 is 5.32 Å². The maximum absolute atomic E-state index is 11.2. The normalized spacial score (nSPS) is 18.9. The van der Waals surface area contributed by atoms with E-state index in [1.807, 2.05) is 36.5 Å². The van der Waals surface area contributed by atoms with Crippen molar-refractivity contribution in [2.24, 2.45) is 0 Å². The molecule has 1 aliphatic rings. The maximum atomic E-state index is 11.2. The predicted molar refractivity (Wildman–Crippen MR) is 68.8 cm³/mol. The zero-order chi connectivity index (χ0) is 12.4. The molecule has 0 bridgehead atoms. The summed E-state index contributed by atoms with van der Waals surface area (Å²) >= 11 is 0. The number of imidazole rings is 1. The molecular weight excluding hydrogens is 226 g/mol. The molecule has 92 valence electrons. The van der Waals surface area contributed by atoms with Gasteiger partial charge in [-0.2, -0.15) is 0 Å². The Morgan fingerprint density at radius 1 is 1.33 bits per heavy atom. The second-order valence-electron chi connectivity index (χ2n) is 4.57. The Hall–Kier alpha value is -2.10. The second kappa shape index (κ2) is 4.64. The van der Waals surface area contributed by atoms with E-state index in [1.54, 1.807) is 6.20 Å². The highest BCUT2D eigenvalue weighted by atomic mass is 16.1. The lowest BCUT2D eigenvalue weighted by molar-refractivity contribution is -0.119. The lowest BCUT2D eigenvalue weighted by Crippen LogP contribution is -2.29. The largest absolute Gasteiger partial charge is 0.352 e. The monoisotopic (exact) mass is 241 g/mol. The van der Waals surface area contributed by atoms with Crippen LogP contribution in [0.2, 0.25) is 0 Å². The summed E-state index contributed by atoms with van der Waals surface area (Å²) in [5, 5.41) is 2.98. The van der Waals surface area contributed by atoms with Crippen LogP contribution in [0, 0.1) is 0 Å². The Morgan fingerprint density at radius 3 is 2.89 bits per heavy atom. The first kappa shape index (κ1) is 11.0. The van der Waals surface area contributed by atoms with Gasteiger partial charge in [0.25, 0.3) is 0 Å². The van der Waals surface area contributed by atoms with Crippen LogP contribution in [0.15, 0.2) is 42.7 Å². The summed E-state index contributed by atoms with van der Waals surface area (Å²) in [6.45, 7) is 0.788. The number of carbonyl (C=O) groups excluding carboxylic acids is 1. The Morgan fingerprint density at radius 2 is 2.17 bits per heavy atom. The van der Waals surface area contributed by atoms with Gasteiger partial charge in [0.05, 0.1) is 0 Å². The zero-order valence-electron chi connectivity index (χ0n) is 10.0. The molecule has 1 atom stereocenters. The van der Waals surface area contributed by atoms with Gasteiger partial charge in [-0.15, -0.1) is 0 Å². The van der Waals surface area contributed by atoms with E-state index in [0.717, 1.165) is 24.4 Å². The van der Waals surface area contributed by atoms with Crippen molar-refractivity contribution in [3.63, 3.8) is 0 Å². The number of nitrogens with one attached hydrogen (secondary N) is 1. The molecule has 0 radical (unpaired) electrons. The Kier molecular flexibility index (Phi) is 2.84. The van der Waals surface area contributed by atoms with Gasteiger partial charge in [0, 0.05) is 37.0 Å². The highest BCUT2D eigenvalue weighted by Crippen LogP contribution is 2.18. The fourth-order valence-electron chi connectivity index (χ4n) is 2.36. The van der Waals surface area contributed by atoms with Gasteiger partial charge < -0.3 is 9.88 Å². The first-order chi connectivity index (χ1) is 8.83. The van der Waals surface area contributed by atoms with Crippen molar-refractivity contribution in [1.29, 1.82) is 0 Å². The van der Waals surface area contributed by atoms with E-state index < -0.39 is 0 Å². The minimum absolute atomic E-state index is 0.154. The van der Waals surface area contributed by atoms with Crippen LogP contribution in [0.3, 0.4) is 0 Å². The topological polar surface area (TPSA) is 46.9 Å². The number of benzene rings is 1. The number of aromatic nitrogens is 2.